The minimum absolute atomic E-state index is 0.0887. The van der Waals surface area contributed by atoms with Crippen molar-refractivity contribution >= 4 is 28.5 Å². The lowest BCUT2D eigenvalue weighted by Crippen LogP contribution is -2.25. The minimum Gasteiger partial charge on any atom is -0.493 e. The van der Waals surface area contributed by atoms with Crippen molar-refractivity contribution in [3.8, 4) is 5.75 Å². The summed E-state index contributed by atoms with van der Waals surface area (Å²) in [5, 5.41) is 3.61. The number of hydrogen-bond acceptors (Lipinski definition) is 3. The number of nitrogens with one attached hydrogen (secondary N) is 1. The number of carbonyl (C=O) groups is 1. The van der Waals surface area contributed by atoms with Crippen LogP contribution in [-0.4, -0.2) is 28.6 Å². The lowest BCUT2D eigenvalue weighted by atomic mass is 10.0. The van der Waals surface area contributed by atoms with Gasteiger partial charge < -0.3 is 14.6 Å². The quantitative estimate of drug-likeness (QED) is 0.225. The molecule has 1 amide bonds. The number of para-hydroxylation sites is 2. The largest absolute Gasteiger partial charge is 0.493 e. The van der Waals surface area contributed by atoms with Crippen molar-refractivity contribution in [2.45, 2.75) is 52.5 Å². The second-order valence-electron chi connectivity index (χ2n) is 9.43. The number of aryl methyl sites for hydroxylation is 3. The molecule has 0 radical (unpaired) electrons. The van der Waals surface area contributed by atoms with E-state index in [-0.39, 0.29) is 5.91 Å². The van der Waals surface area contributed by atoms with Crippen LogP contribution in [0, 0.1) is 6.92 Å². The average Bonchev–Trinajstić information content (AvgIpc) is 3.22. The van der Waals surface area contributed by atoms with Crippen LogP contribution in [-0.2, 0) is 13.0 Å². The number of carbonyl (C=O) groups excluding carboxylic acids is 1. The van der Waals surface area contributed by atoms with Crippen LogP contribution < -0.4 is 10.1 Å². The zero-order valence-corrected chi connectivity index (χ0v) is 22.0. The van der Waals surface area contributed by atoms with Crippen molar-refractivity contribution in [3.05, 3.63) is 94.3 Å². The highest BCUT2D eigenvalue weighted by Gasteiger charge is 2.12. The number of nitrogens with zero attached hydrogens (tertiary/aromatic N) is 2. The Bertz CT molecular complexity index is 1310. The first-order valence-corrected chi connectivity index (χ1v) is 13.0. The molecule has 0 fully saturated rings. The topological polar surface area (TPSA) is 56.1 Å². The van der Waals surface area contributed by atoms with Crippen molar-refractivity contribution in [2.24, 2.45) is 0 Å². The maximum absolute atomic E-state index is 12.4. The zero-order valence-electron chi connectivity index (χ0n) is 21.3. The number of halogens is 1. The Morgan fingerprint density at radius 2 is 1.83 bits per heavy atom. The SMILES string of the molecule is Cc1ccc(C(C)C)c(OCCCn2c(CCCNC(=O)c3ccc(Cl)cc3)nc3ccccc32)c1. The van der Waals surface area contributed by atoms with Crippen LogP contribution in [0.15, 0.2) is 66.7 Å². The lowest BCUT2D eigenvalue weighted by molar-refractivity contribution is 0.0953. The molecule has 4 aromatic rings. The molecule has 5 nitrogen and oxygen atoms in total. The third-order valence-corrected chi connectivity index (χ3v) is 6.53. The van der Waals surface area contributed by atoms with Gasteiger partial charge in [-0.1, -0.05) is 49.7 Å². The molecule has 0 aliphatic rings. The van der Waals surface area contributed by atoms with E-state index in [1.165, 1.54) is 11.1 Å². The van der Waals surface area contributed by atoms with Gasteiger partial charge in [-0.3, -0.25) is 4.79 Å². The summed E-state index contributed by atoms with van der Waals surface area (Å²) in [6.45, 7) is 8.54. The average molecular weight is 504 g/mol. The minimum atomic E-state index is -0.0887. The highest BCUT2D eigenvalue weighted by atomic mass is 35.5. The highest BCUT2D eigenvalue weighted by Crippen LogP contribution is 2.27. The van der Waals surface area contributed by atoms with Crippen LogP contribution >= 0.6 is 11.6 Å². The van der Waals surface area contributed by atoms with E-state index < -0.39 is 0 Å². The van der Waals surface area contributed by atoms with Crippen molar-refractivity contribution in [1.29, 1.82) is 0 Å². The molecule has 0 aliphatic heterocycles. The summed E-state index contributed by atoms with van der Waals surface area (Å²) in [4.78, 5) is 17.2. The van der Waals surface area contributed by atoms with E-state index in [1.54, 1.807) is 24.3 Å². The summed E-state index contributed by atoms with van der Waals surface area (Å²) in [5.41, 5.74) is 5.20. The predicted octanol–water partition coefficient (Wildman–Crippen LogP) is 6.95. The van der Waals surface area contributed by atoms with E-state index in [4.69, 9.17) is 21.3 Å². The van der Waals surface area contributed by atoms with E-state index >= 15 is 0 Å². The third kappa shape index (κ3) is 6.46. The van der Waals surface area contributed by atoms with E-state index in [9.17, 15) is 4.79 Å². The Morgan fingerprint density at radius 3 is 2.61 bits per heavy atom. The molecule has 4 rings (SSSR count). The van der Waals surface area contributed by atoms with E-state index in [1.807, 2.05) is 6.07 Å². The van der Waals surface area contributed by atoms with E-state index in [2.05, 4.69) is 67.1 Å². The molecule has 0 bridgehead atoms. The molecule has 0 saturated heterocycles. The van der Waals surface area contributed by atoms with Gasteiger partial charge in [-0.05, 0) is 79.3 Å². The second-order valence-corrected chi connectivity index (χ2v) is 9.87. The number of ether oxygens (including phenoxy) is 1. The van der Waals surface area contributed by atoms with Crippen LogP contribution in [0.3, 0.4) is 0 Å². The van der Waals surface area contributed by atoms with E-state index in [0.717, 1.165) is 48.4 Å². The number of rotatable bonds is 11. The van der Waals surface area contributed by atoms with Gasteiger partial charge in [0.2, 0.25) is 0 Å². The molecule has 0 spiro atoms. The number of aromatic nitrogens is 2. The smallest absolute Gasteiger partial charge is 0.251 e. The molecule has 0 aliphatic carbocycles. The molecule has 0 saturated carbocycles. The summed E-state index contributed by atoms with van der Waals surface area (Å²) >= 11 is 5.91. The van der Waals surface area contributed by atoms with Gasteiger partial charge in [-0.2, -0.15) is 0 Å². The van der Waals surface area contributed by atoms with Gasteiger partial charge in [0.25, 0.3) is 5.91 Å². The molecule has 6 heteroatoms. The molecule has 0 atom stereocenters. The highest BCUT2D eigenvalue weighted by molar-refractivity contribution is 6.30. The van der Waals surface area contributed by atoms with Gasteiger partial charge in [0.1, 0.15) is 11.6 Å². The Morgan fingerprint density at radius 1 is 1.06 bits per heavy atom. The van der Waals surface area contributed by atoms with Gasteiger partial charge in [0.05, 0.1) is 17.6 Å². The van der Waals surface area contributed by atoms with Gasteiger partial charge in [-0.15, -0.1) is 0 Å². The first-order chi connectivity index (χ1) is 17.4. The maximum Gasteiger partial charge on any atom is 0.251 e. The zero-order chi connectivity index (χ0) is 25.5. The molecular formula is C30H34ClN3O2. The lowest BCUT2D eigenvalue weighted by Gasteiger charge is -2.15. The molecule has 188 valence electrons. The Balaban J connectivity index is 1.35. The first kappa shape index (κ1) is 25.8. The Hall–Kier alpha value is -3.31. The number of benzene rings is 3. The molecule has 3 aromatic carbocycles. The standard InChI is InChI=1S/C30H34ClN3O2/c1-21(2)25-16-11-22(3)20-28(25)36-19-7-18-34-27-9-5-4-8-26(27)33-29(34)10-6-17-32-30(35)23-12-14-24(31)15-13-23/h4-5,8-9,11-16,20-21H,6-7,10,17-19H2,1-3H3,(H,32,35). The van der Waals surface area contributed by atoms with Crippen molar-refractivity contribution in [1.82, 2.24) is 14.9 Å². The Labute approximate surface area is 218 Å². The second kappa shape index (κ2) is 12.1. The van der Waals surface area contributed by atoms with Crippen LogP contribution in [0.2, 0.25) is 5.02 Å². The molecule has 36 heavy (non-hydrogen) atoms. The normalized spacial score (nSPS) is 11.2. The predicted molar refractivity (Wildman–Crippen MR) is 147 cm³/mol. The molecule has 1 heterocycles. The number of amides is 1. The number of fused-ring (bicyclic) bond motifs is 1. The number of imidazole rings is 1. The van der Waals surface area contributed by atoms with Crippen molar-refractivity contribution < 1.29 is 9.53 Å². The fourth-order valence-corrected chi connectivity index (χ4v) is 4.49. The third-order valence-electron chi connectivity index (χ3n) is 6.28. The van der Waals surface area contributed by atoms with Crippen LogP contribution in [0.1, 0.15) is 59.9 Å². The summed E-state index contributed by atoms with van der Waals surface area (Å²) in [7, 11) is 0. The maximum atomic E-state index is 12.4. The monoisotopic (exact) mass is 503 g/mol. The summed E-state index contributed by atoms with van der Waals surface area (Å²) in [6.07, 6.45) is 2.47. The molecular weight excluding hydrogens is 470 g/mol. The first-order valence-electron chi connectivity index (χ1n) is 12.6. The van der Waals surface area contributed by atoms with Gasteiger partial charge in [-0.25, -0.2) is 4.98 Å². The van der Waals surface area contributed by atoms with Gasteiger partial charge in [0, 0.05) is 30.1 Å². The fraction of sp³-hybridized carbons (Fsp3) is 0.333. The van der Waals surface area contributed by atoms with Crippen molar-refractivity contribution in [2.75, 3.05) is 13.2 Å². The fourth-order valence-electron chi connectivity index (χ4n) is 4.37. The van der Waals surface area contributed by atoms with E-state index in [0.29, 0.717) is 29.7 Å². The Kier molecular flexibility index (Phi) is 8.65. The van der Waals surface area contributed by atoms with Crippen LogP contribution in [0.25, 0.3) is 11.0 Å². The summed E-state index contributed by atoms with van der Waals surface area (Å²) < 4.78 is 8.51. The number of hydrogen-bond donors (Lipinski definition) is 1. The molecule has 1 aromatic heterocycles. The van der Waals surface area contributed by atoms with Crippen molar-refractivity contribution in [3.63, 3.8) is 0 Å². The van der Waals surface area contributed by atoms with Gasteiger partial charge >= 0.3 is 0 Å². The molecule has 0 unspecified atom stereocenters. The van der Waals surface area contributed by atoms with Crippen LogP contribution in [0.5, 0.6) is 5.75 Å². The summed E-state index contributed by atoms with van der Waals surface area (Å²) in [6, 6.07) is 21.6. The van der Waals surface area contributed by atoms with Gasteiger partial charge in [0.15, 0.2) is 0 Å². The molecule has 1 N–H and O–H groups in total. The summed E-state index contributed by atoms with van der Waals surface area (Å²) in [5.74, 6) is 2.35. The van der Waals surface area contributed by atoms with Crippen LogP contribution in [0.4, 0.5) is 0 Å².